The van der Waals surface area contributed by atoms with Crippen LogP contribution in [0, 0.1) is 11.3 Å². The maximum Gasteiger partial charge on any atom is 0.419 e. The molecule has 0 aliphatic heterocycles. The zero-order chi connectivity index (χ0) is 19.5. The molecule has 2 aromatic carbocycles. The van der Waals surface area contributed by atoms with Crippen LogP contribution in [-0.4, -0.2) is 25.3 Å². The van der Waals surface area contributed by atoms with Crippen molar-refractivity contribution in [2.24, 2.45) is 0 Å². The first-order valence-electron chi connectivity index (χ1n) is 8.20. The van der Waals surface area contributed by atoms with E-state index < -0.39 is 12.2 Å². The third-order valence-corrected chi connectivity index (χ3v) is 3.35. The Balaban J connectivity index is 2.08. The first kappa shape index (κ1) is 19.5. The summed E-state index contributed by atoms with van der Waals surface area (Å²) in [6, 6.07) is 17.3. The highest BCUT2D eigenvalue weighted by Gasteiger charge is 2.18. The SMILES string of the molecule is C=CCOC(=O)Nc1cccc(OC(=O)N(CCC#N)c2ccccc2)c1. The van der Waals surface area contributed by atoms with Gasteiger partial charge in [-0.3, -0.25) is 10.2 Å². The zero-order valence-corrected chi connectivity index (χ0v) is 14.6. The number of nitriles is 1. The fourth-order valence-corrected chi connectivity index (χ4v) is 2.18. The Bertz CT molecular complexity index is 831. The standard InChI is InChI=1S/C20H19N3O4/c1-2-14-26-19(24)22-16-8-6-11-18(15-16)27-20(25)23(13-7-12-21)17-9-4-3-5-10-17/h2-6,8-11,15H,1,7,13-14H2,(H,22,24). The van der Waals surface area contributed by atoms with Gasteiger partial charge in [0.1, 0.15) is 12.4 Å². The van der Waals surface area contributed by atoms with Crippen LogP contribution in [0.15, 0.2) is 67.3 Å². The molecule has 138 valence electrons. The largest absolute Gasteiger partial charge is 0.445 e. The monoisotopic (exact) mass is 365 g/mol. The third kappa shape index (κ3) is 6.21. The second-order valence-electron chi connectivity index (χ2n) is 5.30. The van der Waals surface area contributed by atoms with E-state index in [1.807, 2.05) is 12.1 Å². The number of amides is 2. The average molecular weight is 365 g/mol. The number of carbonyl (C=O) groups excluding carboxylic acids is 2. The highest BCUT2D eigenvalue weighted by Crippen LogP contribution is 2.21. The minimum atomic E-state index is -0.640. The molecule has 0 saturated carbocycles. The number of hydrogen-bond donors (Lipinski definition) is 1. The van der Waals surface area contributed by atoms with Crippen LogP contribution in [0.5, 0.6) is 5.75 Å². The van der Waals surface area contributed by atoms with E-state index in [-0.39, 0.29) is 25.3 Å². The van der Waals surface area contributed by atoms with E-state index in [0.29, 0.717) is 11.4 Å². The lowest BCUT2D eigenvalue weighted by atomic mass is 10.3. The molecule has 0 aliphatic rings. The van der Waals surface area contributed by atoms with Crippen molar-refractivity contribution in [3.63, 3.8) is 0 Å². The third-order valence-electron chi connectivity index (χ3n) is 3.35. The Labute approximate surface area is 157 Å². The number of para-hydroxylation sites is 1. The molecular formula is C20H19N3O4. The number of hydrogen-bond acceptors (Lipinski definition) is 5. The molecule has 0 spiro atoms. The molecule has 27 heavy (non-hydrogen) atoms. The van der Waals surface area contributed by atoms with Gasteiger partial charge in [0, 0.05) is 24.0 Å². The lowest BCUT2D eigenvalue weighted by Crippen LogP contribution is -2.34. The van der Waals surface area contributed by atoms with Crippen molar-refractivity contribution < 1.29 is 19.1 Å². The molecule has 0 unspecified atom stereocenters. The molecule has 2 amide bonds. The molecule has 7 nitrogen and oxygen atoms in total. The summed E-state index contributed by atoms with van der Waals surface area (Å²) < 4.78 is 10.2. The quantitative estimate of drug-likeness (QED) is 0.737. The second-order valence-corrected chi connectivity index (χ2v) is 5.30. The van der Waals surface area contributed by atoms with E-state index in [1.54, 1.807) is 42.5 Å². The number of benzene rings is 2. The van der Waals surface area contributed by atoms with Gasteiger partial charge in [-0.2, -0.15) is 5.26 Å². The Kier molecular flexibility index (Phi) is 7.42. The summed E-state index contributed by atoms with van der Waals surface area (Å²) in [7, 11) is 0. The van der Waals surface area contributed by atoms with Gasteiger partial charge in [0.25, 0.3) is 0 Å². The molecule has 0 aliphatic carbocycles. The van der Waals surface area contributed by atoms with Gasteiger partial charge in [-0.15, -0.1) is 0 Å². The molecule has 2 rings (SSSR count). The molecule has 0 saturated heterocycles. The van der Waals surface area contributed by atoms with Crippen molar-refractivity contribution >= 4 is 23.6 Å². The highest BCUT2D eigenvalue weighted by atomic mass is 16.6. The topological polar surface area (TPSA) is 91.7 Å². The van der Waals surface area contributed by atoms with Crippen molar-refractivity contribution in [2.75, 3.05) is 23.4 Å². The van der Waals surface area contributed by atoms with Crippen LogP contribution < -0.4 is 15.0 Å². The summed E-state index contributed by atoms with van der Waals surface area (Å²) in [5.74, 6) is 0.249. The van der Waals surface area contributed by atoms with E-state index in [9.17, 15) is 9.59 Å². The van der Waals surface area contributed by atoms with Gasteiger partial charge in [-0.05, 0) is 24.3 Å². The summed E-state index contributed by atoms with van der Waals surface area (Å²) in [5, 5.41) is 11.4. The molecule has 0 bridgehead atoms. The summed E-state index contributed by atoms with van der Waals surface area (Å²) in [5.41, 5.74) is 1.04. The van der Waals surface area contributed by atoms with Crippen molar-refractivity contribution in [3.05, 3.63) is 67.3 Å². The Hall–Kier alpha value is -3.79. The van der Waals surface area contributed by atoms with Crippen LogP contribution in [0.3, 0.4) is 0 Å². The molecule has 0 fully saturated rings. The van der Waals surface area contributed by atoms with Gasteiger partial charge in [-0.25, -0.2) is 9.59 Å². The van der Waals surface area contributed by atoms with Gasteiger partial charge in [0.05, 0.1) is 12.5 Å². The number of nitrogens with one attached hydrogen (secondary N) is 1. The molecule has 0 heterocycles. The second kappa shape index (κ2) is 10.3. The molecule has 2 aromatic rings. The van der Waals surface area contributed by atoms with Crippen molar-refractivity contribution in [2.45, 2.75) is 6.42 Å². The number of ether oxygens (including phenoxy) is 2. The van der Waals surface area contributed by atoms with E-state index in [0.717, 1.165) is 0 Å². The smallest absolute Gasteiger partial charge is 0.419 e. The summed E-state index contributed by atoms with van der Waals surface area (Å²) in [6.07, 6.45) is 0.360. The van der Waals surface area contributed by atoms with Crippen LogP contribution in [0.2, 0.25) is 0 Å². The fraction of sp³-hybridized carbons (Fsp3) is 0.150. The van der Waals surface area contributed by atoms with Crippen molar-refractivity contribution in [1.82, 2.24) is 0 Å². The predicted molar refractivity (Wildman–Crippen MR) is 102 cm³/mol. The number of nitrogens with zero attached hydrogens (tertiary/aromatic N) is 2. The summed E-state index contributed by atoms with van der Waals surface area (Å²) >= 11 is 0. The van der Waals surface area contributed by atoms with E-state index in [4.69, 9.17) is 14.7 Å². The van der Waals surface area contributed by atoms with Gasteiger partial charge in [0.15, 0.2) is 0 Å². The zero-order valence-electron chi connectivity index (χ0n) is 14.6. The number of carbonyl (C=O) groups is 2. The van der Waals surface area contributed by atoms with Crippen LogP contribution in [0.25, 0.3) is 0 Å². The first-order chi connectivity index (χ1) is 13.1. The maximum atomic E-state index is 12.6. The van der Waals surface area contributed by atoms with Gasteiger partial charge in [-0.1, -0.05) is 36.9 Å². The molecular weight excluding hydrogens is 346 g/mol. The number of rotatable bonds is 7. The van der Waals surface area contributed by atoms with Gasteiger partial charge >= 0.3 is 12.2 Å². The molecule has 7 heteroatoms. The van der Waals surface area contributed by atoms with E-state index >= 15 is 0 Å². The average Bonchev–Trinajstić information content (AvgIpc) is 2.68. The first-order valence-corrected chi connectivity index (χ1v) is 8.20. The summed E-state index contributed by atoms with van der Waals surface area (Å²) in [6.45, 7) is 3.75. The van der Waals surface area contributed by atoms with Gasteiger partial charge < -0.3 is 9.47 Å². The van der Waals surface area contributed by atoms with Crippen LogP contribution in [0.4, 0.5) is 21.0 Å². The highest BCUT2D eigenvalue weighted by molar-refractivity contribution is 5.89. The minimum Gasteiger partial charge on any atom is -0.445 e. The molecule has 0 radical (unpaired) electrons. The minimum absolute atomic E-state index is 0.0887. The lowest BCUT2D eigenvalue weighted by Gasteiger charge is -2.21. The fourth-order valence-electron chi connectivity index (χ4n) is 2.18. The van der Waals surface area contributed by atoms with Crippen LogP contribution in [-0.2, 0) is 4.74 Å². The molecule has 1 N–H and O–H groups in total. The van der Waals surface area contributed by atoms with Gasteiger partial charge in [0.2, 0.25) is 0 Å². The van der Waals surface area contributed by atoms with Crippen molar-refractivity contribution in [1.29, 1.82) is 5.26 Å². The Morgan fingerprint density at radius 3 is 2.67 bits per heavy atom. The molecule has 0 aromatic heterocycles. The lowest BCUT2D eigenvalue weighted by molar-refractivity contribution is 0.174. The predicted octanol–water partition coefficient (Wildman–Crippen LogP) is 4.34. The summed E-state index contributed by atoms with van der Waals surface area (Å²) in [4.78, 5) is 25.5. The molecule has 0 atom stereocenters. The Morgan fingerprint density at radius 1 is 1.19 bits per heavy atom. The van der Waals surface area contributed by atoms with Crippen LogP contribution >= 0.6 is 0 Å². The van der Waals surface area contributed by atoms with Crippen LogP contribution in [0.1, 0.15) is 6.42 Å². The van der Waals surface area contributed by atoms with E-state index in [2.05, 4.69) is 11.9 Å². The normalized spacial score (nSPS) is 9.59. The number of anilines is 2. The maximum absolute atomic E-state index is 12.6. The Morgan fingerprint density at radius 2 is 1.96 bits per heavy atom. The van der Waals surface area contributed by atoms with Crippen molar-refractivity contribution in [3.8, 4) is 11.8 Å². The van der Waals surface area contributed by atoms with E-state index in [1.165, 1.54) is 17.0 Å².